The van der Waals surface area contributed by atoms with E-state index in [-0.39, 0.29) is 12.4 Å². The Morgan fingerprint density at radius 3 is 2.59 bits per heavy atom. The van der Waals surface area contributed by atoms with Crippen LogP contribution in [0.2, 0.25) is 0 Å². The van der Waals surface area contributed by atoms with Crippen molar-refractivity contribution in [2.24, 2.45) is 5.41 Å². The number of piperidine rings is 1. The summed E-state index contributed by atoms with van der Waals surface area (Å²) < 4.78 is 2.01. The number of rotatable bonds is 4. The maximum absolute atomic E-state index is 4.94. The van der Waals surface area contributed by atoms with Crippen LogP contribution in [0, 0.1) is 5.41 Å². The minimum absolute atomic E-state index is 0. The lowest BCUT2D eigenvalue weighted by atomic mass is 9.78. The molecule has 0 unspecified atom stereocenters. The second-order valence-electron chi connectivity index (χ2n) is 8.24. The summed E-state index contributed by atoms with van der Waals surface area (Å²) in [6, 6.07) is 14.4. The summed E-state index contributed by atoms with van der Waals surface area (Å²) in [7, 11) is 0. The Morgan fingerprint density at radius 1 is 1.00 bits per heavy atom. The first-order chi connectivity index (χ1) is 13.8. The van der Waals surface area contributed by atoms with Crippen molar-refractivity contribution in [2.45, 2.75) is 25.8 Å². The van der Waals surface area contributed by atoms with Crippen LogP contribution in [0.4, 0.5) is 0 Å². The van der Waals surface area contributed by atoms with Gasteiger partial charge in [0.1, 0.15) is 0 Å². The Balaban J connectivity index is 0.00000205. The fraction of sp³-hybridized carbons (Fsp3) is 0.391. The normalized spacial score (nSPS) is 18.6. The van der Waals surface area contributed by atoms with E-state index in [9.17, 15) is 0 Å². The molecule has 152 valence electrons. The molecule has 2 aromatic heterocycles. The first-order valence-corrected chi connectivity index (χ1v) is 10.3. The predicted molar refractivity (Wildman–Crippen MR) is 118 cm³/mol. The first kappa shape index (κ1) is 20.1. The minimum atomic E-state index is 0. The van der Waals surface area contributed by atoms with Crippen LogP contribution < -0.4 is 5.32 Å². The number of pyridine rings is 1. The standard InChI is InChI=1S/C23H27N5.ClH/c1-2-6-21(7-3-1)28-17-20(22(26-28)19-5-4-11-25-15-19)16-27-14-10-23(18-27)8-12-24-13-9-23;/h1-7,11,15,17,24H,8-10,12-14,16,18H2;1H. The van der Waals surface area contributed by atoms with E-state index in [1.54, 1.807) is 0 Å². The molecule has 6 heteroatoms. The molecule has 0 bridgehead atoms. The Labute approximate surface area is 178 Å². The summed E-state index contributed by atoms with van der Waals surface area (Å²) in [5.41, 5.74) is 5.03. The van der Waals surface area contributed by atoms with Gasteiger partial charge in [0.05, 0.1) is 11.4 Å². The van der Waals surface area contributed by atoms with Gasteiger partial charge in [-0.3, -0.25) is 9.88 Å². The SMILES string of the molecule is Cl.c1ccc(-n2cc(CN3CCC4(CCNCC4)C3)c(-c3cccnc3)n2)cc1. The number of hydrogen-bond donors (Lipinski definition) is 1. The van der Waals surface area contributed by atoms with Gasteiger partial charge in [-0.2, -0.15) is 5.10 Å². The van der Waals surface area contributed by atoms with E-state index in [4.69, 9.17) is 5.10 Å². The Morgan fingerprint density at radius 2 is 1.83 bits per heavy atom. The Bertz CT molecular complexity index is 919. The largest absolute Gasteiger partial charge is 0.317 e. The number of nitrogens with one attached hydrogen (secondary N) is 1. The van der Waals surface area contributed by atoms with Crippen molar-refractivity contribution in [3.8, 4) is 16.9 Å². The lowest BCUT2D eigenvalue weighted by molar-refractivity contribution is 0.194. The fourth-order valence-corrected chi connectivity index (χ4v) is 4.75. The number of nitrogens with zero attached hydrogens (tertiary/aromatic N) is 4. The number of aromatic nitrogens is 3. The fourth-order valence-electron chi connectivity index (χ4n) is 4.75. The van der Waals surface area contributed by atoms with Crippen molar-refractivity contribution in [2.75, 3.05) is 26.2 Å². The van der Waals surface area contributed by atoms with Crippen LogP contribution in [-0.4, -0.2) is 45.8 Å². The van der Waals surface area contributed by atoms with Gasteiger partial charge in [0.2, 0.25) is 0 Å². The van der Waals surface area contributed by atoms with E-state index in [1.165, 1.54) is 51.0 Å². The molecule has 0 radical (unpaired) electrons. The average molecular weight is 410 g/mol. The molecule has 0 amide bonds. The van der Waals surface area contributed by atoms with Gasteiger partial charge in [0.15, 0.2) is 0 Å². The number of benzene rings is 1. The first-order valence-electron chi connectivity index (χ1n) is 10.3. The average Bonchev–Trinajstić information content (AvgIpc) is 3.35. The van der Waals surface area contributed by atoms with Gasteiger partial charge in [0, 0.05) is 42.8 Å². The number of para-hydroxylation sites is 1. The van der Waals surface area contributed by atoms with Crippen molar-refractivity contribution in [3.63, 3.8) is 0 Å². The Kier molecular flexibility index (Phi) is 5.99. The number of likely N-dealkylation sites (tertiary alicyclic amines) is 1. The van der Waals surface area contributed by atoms with Gasteiger partial charge >= 0.3 is 0 Å². The maximum Gasteiger partial charge on any atom is 0.0988 e. The minimum Gasteiger partial charge on any atom is -0.317 e. The van der Waals surface area contributed by atoms with Crippen LogP contribution >= 0.6 is 12.4 Å². The van der Waals surface area contributed by atoms with E-state index in [2.05, 4.69) is 51.7 Å². The lowest BCUT2D eigenvalue weighted by Gasteiger charge is -2.33. The van der Waals surface area contributed by atoms with Crippen LogP contribution in [0.15, 0.2) is 61.1 Å². The van der Waals surface area contributed by atoms with Gasteiger partial charge in [0.25, 0.3) is 0 Å². The molecule has 2 aliphatic rings. The highest BCUT2D eigenvalue weighted by molar-refractivity contribution is 5.85. The predicted octanol–water partition coefficient (Wildman–Crippen LogP) is 3.93. The van der Waals surface area contributed by atoms with Crippen molar-refractivity contribution < 1.29 is 0 Å². The Hall–Kier alpha value is -2.21. The molecule has 0 atom stereocenters. The molecule has 2 aliphatic heterocycles. The molecular formula is C23H28ClN5. The molecule has 5 rings (SSSR count). The van der Waals surface area contributed by atoms with E-state index < -0.39 is 0 Å². The van der Waals surface area contributed by atoms with Gasteiger partial charge in [-0.1, -0.05) is 18.2 Å². The second-order valence-corrected chi connectivity index (χ2v) is 8.24. The monoisotopic (exact) mass is 409 g/mol. The molecule has 29 heavy (non-hydrogen) atoms. The molecule has 2 fully saturated rings. The highest BCUT2D eigenvalue weighted by Gasteiger charge is 2.38. The molecular weight excluding hydrogens is 382 g/mol. The maximum atomic E-state index is 4.94. The van der Waals surface area contributed by atoms with Crippen molar-refractivity contribution >= 4 is 12.4 Å². The zero-order chi connectivity index (χ0) is 18.8. The molecule has 2 saturated heterocycles. The molecule has 1 aromatic carbocycles. The van der Waals surface area contributed by atoms with Crippen LogP contribution in [0.3, 0.4) is 0 Å². The molecule has 1 spiro atoms. The molecule has 0 saturated carbocycles. The summed E-state index contributed by atoms with van der Waals surface area (Å²) in [4.78, 5) is 6.94. The van der Waals surface area contributed by atoms with Gasteiger partial charge in [-0.15, -0.1) is 12.4 Å². The molecule has 5 nitrogen and oxygen atoms in total. The highest BCUT2D eigenvalue weighted by Crippen LogP contribution is 2.39. The molecule has 4 heterocycles. The third kappa shape index (κ3) is 4.22. The van der Waals surface area contributed by atoms with Gasteiger partial charge in [-0.05, 0) is 68.6 Å². The summed E-state index contributed by atoms with van der Waals surface area (Å²) in [6.45, 7) is 5.67. The van der Waals surface area contributed by atoms with E-state index >= 15 is 0 Å². The van der Waals surface area contributed by atoms with Crippen LogP contribution in [-0.2, 0) is 6.54 Å². The second kappa shape index (κ2) is 8.66. The third-order valence-corrected chi connectivity index (χ3v) is 6.32. The van der Waals surface area contributed by atoms with Crippen molar-refractivity contribution in [3.05, 3.63) is 66.6 Å². The highest BCUT2D eigenvalue weighted by atomic mass is 35.5. The lowest BCUT2D eigenvalue weighted by Crippen LogP contribution is -2.38. The molecule has 3 aromatic rings. The summed E-state index contributed by atoms with van der Waals surface area (Å²) in [5, 5.41) is 8.45. The van der Waals surface area contributed by atoms with Crippen molar-refractivity contribution in [1.29, 1.82) is 0 Å². The summed E-state index contributed by atoms with van der Waals surface area (Å²) >= 11 is 0. The van der Waals surface area contributed by atoms with Crippen LogP contribution in [0.5, 0.6) is 0 Å². The van der Waals surface area contributed by atoms with E-state index in [0.29, 0.717) is 5.41 Å². The third-order valence-electron chi connectivity index (χ3n) is 6.32. The quantitative estimate of drug-likeness (QED) is 0.709. The number of halogens is 1. The van der Waals surface area contributed by atoms with E-state index in [1.807, 2.05) is 29.2 Å². The van der Waals surface area contributed by atoms with Crippen LogP contribution in [0.1, 0.15) is 24.8 Å². The van der Waals surface area contributed by atoms with Gasteiger partial charge in [-0.25, -0.2) is 4.68 Å². The molecule has 1 N–H and O–H groups in total. The van der Waals surface area contributed by atoms with Crippen molar-refractivity contribution in [1.82, 2.24) is 25.0 Å². The van der Waals surface area contributed by atoms with E-state index in [0.717, 1.165) is 23.5 Å². The zero-order valence-electron chi connectivity index (χ0n) is 16.6. The van der Waals surface area contributed by atoms with Gasteiger partial charge < -0.3 is 5.32 Å². The zero-order valence-corrected chi connectivity index (χ0v) is 17.4. The number of hydrogen-bond acceptors (Lipinski definition) is 4. The topological polar surface area (TPSA) is 46.0 Å². The van der Waals surface area contributed by atoms with Crippen LogP contribution in [0.25, 0.3) is 16.9 Å². The molecule has 0 aliphatic carbocycles. The summed E-state index contributed by atoms with van der Waals surface area (Å²) in [6.07, 6.45) is 9.87. The smallest absolute Gasteiger partial charge is 0.0988 e. The summed E-state index contributed by atoms with van der Waals surface area (Å²) in [5.74, 6) is 0.